The van der Waals surface area contributed by atoms with Crippen LogP contribution in [0.4, 0.5) is 0 Å². The summed E-state index contributed by atoms with van der Waals surface area (Å²) in [6.45, 7) is 0. The Balaban J connectivity index is 2.24. The molecule has 0 atom stereocenters. The van der Waals surface area contributed by atoms with Gasteiger partial charge in [-0.1, -0.05) is 42.5 Å². The van der Waals surface area contributed by atoms with Gasteiger partial charge in [-0.25, -0.2) is 4.79 Å². The van der Waals surface area contributed by atoms with E-state index in [0.717, 1.165) is 5.56 Å². The topological polar surface area (TPSA) is 35.5 Å². The minimum Gasteiger partial charge on any atom is -0.496 e. The maximum absolute atomic E-state index is 11.2. The third-order valence-electron chi connectivity index (χ3n) is 2.91. The summed E-state index contributed by atoms with van der Waals surface area (Å²) in [6, 6.07) is 14.3. The Morgan fingerprint density at radius 2 is 1.75 bits per heavy atom. The third kappa shape index (κ3) is 3.48. The van der Waals surface area contributed by atoms with Crippen molar-refractivity contribution in [3.8, 4) is 0 Å². The van der Waals surface area contributed by atoms with Crippen molar-refractivity contribution >= 4 is 22.8 Å². The van der Waals surface area contributed by atoms with Gasteiger partial charge in [0.15, 0.2) is 0 Å². The van der Waals surface area contributed by atoms with Gasteiger partial charge in [0.1, 0.15) is 5.76 Å². The number of hydrogen-bond donors (Lipinski definition) is 0. The molecule has 102 valence electrons. The summed E-state index contributed by atoms with van der Waals surface area (Å²) in [4.78, 5) is 11.2. The van der Waals surface area contributed by atoms with Crippen LogP contribution < -0.4 is 0 Å². The van der Waals surface area contributed by atoms with Crippen LogP contribution in [0.5, 0.6) is 0 Å². The fourth-order valence-electron chi connectivity index (χ4n) is 1.84. The van der Waals surface area contributed by atoms with E-state index in [9.17, 15) is 4.79 Å². The zero-order valence-corrected chi connectivity index (χ0v) is 11.5. The average molecular weight is 268 g/mol. The number of esters is 1. The summed E-state index contributed by atoms with van der Waals surface area (Å²) in [6.07, 6.45) is 4.93. The van der Waals surface area contributed by atoms with Crippen molar-refractivity contribution in [2.24, 2.45) is 0 Å². The molecule has 2 rings (SSSR count). The largest absolute Gasteiger partial charge is 0.496 e. The molecule has 0 heterocycles. The number of rotatable bonds is 4. The van der Waals surface area contributed by atoms with Gasteiger partial charge in [0.05, 0.1) is 20.3 Å². The molecule has 0 spiro atoms. The normalized spacial score (nSPS) is 11.8. The van der Waals surface area contributed by atoms with Crippen molar-refractivity contribution in [2.45, 2.75) is 0 Å². The van der Waals surface area contributed by atoms with E-state index in [4.69, 9.17) is 4.74 Å². The highest BCUT2D eigenvalue weighted by molar-refractivity contribution is 5.85. The number of carbonyl (C=O) groups excluding carboxylic acids is 1. The lowest BCUT2D eigenvalue weighted by molar-refractivity contribution is -0.135. The van der Waals surface area contributed by atoms with Crippen LogP contribution in [0.25, 0.3) is 16.8 Å². The van der Waals surface area contributed by atoms with Gasteiger partial charge >= 0.3 is 5.97 Å². The van der Waals surface area contributed by atoms with Crippen molar-refractivity contribution in [1.29, 1.82) is 0 Å². The maximum atomic E-state index is 11.2. The quantitative estimate of drug-likeness (QED) is 0.368. The molecule has 0 aromatic heterocycles. The first kappa shape index (κ1) is 13.9. The van der Waals surface area contributed by atoms with Gasteiger partial charge in [-0.15, -0.1) is 0 Å². The molecule has 0 aliphatic rings. The summed E-state index contributed by atoms with van der Waals surface area (Å²) >= 11 is 0. The minimum absolute atomic E-state index is 0.440. The summed E-state index contributed by atoms with van der Waals surface area (Å²) < 4.78 is 9.67. The molecule has 20 heavy (non-hydrogen) atoms. The van der Waals surface area contributed by atoms with Crippen molar-refractivity contribution in [1.82, 2.24) is 0 Å². The highest BCUT2D eigenvalue weighted by Gasteiger charge is 1.98. The van der Waals surface area contributed by atoms with Gasteiger partial charge in [-0.2, -0.15) is 0 Å². The van der Waals surface area contributed by atoms with Gasteiger partial charge in [-0.3, -0.25) is 0 Å². The number of benzene rings is 2. The molecule has 0 fully saturated rings. The minimum atomic E-state index is -0.440. The molecule has 3 heteroatoms. The number of ether oxygens (including phenoxy) is 2. The standard InChI is InChI=1S/C17H16O3/c1-19-16(12-17(18)20-2)10-8-13-7-9-14-5-3-4-6-15(14)11-13/h3-12H,1-2H3/b10-8+,16-12-. The summed E-state index contributed by atoms with van der Waals surface area (Å²) in [5, 5.41) is 2.37. The lowest BCUT2D eigenvalue weighted by Gasteiger charge is -2.01. The highest BCUT2D eigenvalue weighted by atomic mass is 16.5. The fourth-order valence-corrected chi connectivity index (χ4v) is 1.84. The number of fused-ring (bicyclic) bond motifs is 1. The molecule has 0 unspecified atom stereocenters. The second-order valence-corrected chi connectivity index (χ2v) is 4.21. The lowest BCUT2D eigenvalue weighted by Crippen LogP contribution is -1.97. The summed E-state index contributed by atoms with van der Waals surface area (Å²) in [5.41, 5.74) is 1.04. The molecule has 0 aliphatic carbocycles. The van der Waals surface area contributed by atoms with Crippen LogP contribution >= 0.6 is 0 Å². The van der Waals surface area contributed by atoms with Crippen molar-refractivity contribution < 1.29 is 14.3 Å². The predicted octanol–water partition coefficient (Wildman–Crippen LogP) is 3.56. The first-order chi connectivity index (χ1) is 9.72. The van der Waals surface area contributed by atoms with E-state index in [1.54, 1.807) is 6.08 Å². The van der Waals surface area contributed by atoms with E-state index in [1.807, 2.05) is 24.3 Å². The van der Waals surface area contributed by atoms with E-state index in [-0.39, 0.29) is 0 Å². The molecule has 0 saturated carbocycles. The van der Waals surface area contributed by atoms with E-state index in [0.29, 0.717) is 5.76 Å². The molecule has 3 nitrogen and oxygen atoms in total. The smallest absolute Gasteiger partial charge is 0.334 e. The number of allylic oxidation sites excluding steroid dienone is 1. The molecule has 0 radical (unpaired) electrons. The highest BCUT2D eigenvalue weighted by Crippen LogP contribution is 2.17. The van der Waals surface area contributed by atoms with Gasteiger partial charge in [0, 0.05) is 0 Å². The first-order valence-electron chi connectivity index (χ1n) is 6.23. The Morgan fingerprint density at radius 3 is 2.45 bits per heavy atom. The monoisotopic (exact) mass is 268 g/mol. The van der Waals surface area contributed by atoms with Crippen LogP contribution in [-0.4, -0.2) is 20.2 Å². The fraction of sp³-hybridized carbons (Fsp3) is 0.118. The molecule has 0 saturated heterocycles. The Morgan fingerprint density at radius 1 is 1.00 bits per heavy atom. The zero-order chi connectivity index (χ0) is 14.4. The SMILES string of the molecule is COC(=O)/C=C(/C=C/c1ccc2ccccc2c1)OC. The van der Waals surface area contributed by atoms with Crippen LogP contribution in [0.3, 0.4) is 0 Å². The maximum Gasteiger partial charge on any atom is 0.334 e. The van der Waals surface area contributed by atoms with E-state index in [1.165, 1.54) is 31.1 Å². The summed E-state index contributed by atoms with van der Waals surface area (Å²) in [5.74, 6) is 0.00928. The molecule has 0 amide bonds. The Labute approximate surface area is 118 Å². The van der Waals surface area contributed by atoms with Gasteiger partial charge in [0.2, 0.25) is 0 Å². The Hall–Kier alpha value is -2.55. The zero-order valence-electron chi connectivity index (χ0n) is 11.5. The molecule has 0 bridgehead atoms. The van der Waals surface area contributed by atoms with Crippen LogP contribution in [0, 0.1) is 0 Å². The van der Waals surface area contributed by atoms with Gasteiger partial charge < -0.3 is 9.47 Å². The molecular weight excluding hydrogens is 252 g/mol. The summed E-state index contributed by atoms with van der Waals surface area (Å²) in [7, 11) is 2.85. The Kier molecular flexibility index (Phi) is 4.56. The second kappa shape index (κ2) is 6.57. The van der Waals surface area contributed by atoms with Crippen LogP contribution in [-0.2, 0) is 14.3 Å². The van der Waals surface area contributed by atoms with Gasteiger partial charge in [-0.05, 0) is 28.5 Å². The first-order valence-corrected chi connectivity index (χ1v) is 6.23. The van der Waals surface area contributed by atoms with Crippen molar-refractivity contribution in [3.05, 3.63) is 65.9 Å². The van der Waals surface area contributed by atoms with Crippen molar-refractivity contribution in [3.63, 3.8) is 0 Å². The molecule has 2 aromatic carbocycles. The predicted molar refractivity (Wildman–Crippen MR) is 80.1 cm³/mol. The Bertz CT molecular complexity index is 669. The molecule has 2 aromatic rings. The number of methoxy groups -OCH3 is 2. The van der Waals surface area contributed by atoms with Crippen molar-refractivity contribution in [2.75, 3.05) is 14.2 Å². The molecule has 0 aliphatic heterocycles. The van der Waals surface area contributed by atoms with E-state index in [2.05, 4.69) is 29.0 Å². The van der Waals surface area contributed by atoms with Crippen LogP contribution in [0.1, 0.15) is 5.56 Å². The van der Waals surface area contributed by atoms with Crippen LogP contribution in [0.15, 0.2) is 60.4 Å². The van der Waals surface area contributed by atoms with E-state index < -0.39 is 5.97 Å². The number of carbonyl (C=O) groups is 1. The molecular formula is C17H16O3. The second-order valence-electron chi connectivity index (χ2n) is 4.21. The number of hydrogen-bond acceptors (Lipinski definition) is 3. The molecule has 0 N–H and O–H groups in total. The lowest BCUT2D eigenvalue weighted by atomic mass is 10.1. The van der Waals surface area contributed by atoms with Gasteiger partial charge in [0.25, 0.3) is 0 Å². The average Bonchev–Trinajstić information content (AvgIpc) is 2.50. The van der Waals surface area contributed by atoms with E-state index >= 15 is 0 Å². The van der Waals surface area contributed by atoms with Crippen LogP contribution in [0.2, 0.25) is 0 Å². The third-order valence-corrected chi connectivity index (χ3v) is 2.91.